The van der Waals surface area contributed by atoms with Gasteiger partial charge >= 0.3 is 0 Å². The lowest BCUT2D eigenvalue weighted by atomic mass is 9.76. The van der Waals surface area contributed by atoms with Gasteiger partial charge in [0.15, 0.2) is 0 Å². The molecule has 0 radical (unpaired) electrons. The summed E-state index contributed by atoms with van der Waals surface area (Å²) in [6.07, 6.45) is 3.50. The van der Waals surface area contributed by atoms with Crippen molar-refractivity contribution < 1.29 is 4.39 Å². The molecule has 1 aliphatic rings. The molecule has 0 bridgehead atoms. The van der Waals surface area contributed by atoms with Gasteiger partial charge in [-0.15, -0.1) is 0 Å². The van der Waals surface area contributed by atoms with Crippen LogP contribution < -0.4 is 5.32 Å². The van der Waals surface area contributed by atoms with Crippen molar-refractivity contribution in [1.82, 2.24) is 5.32 Å². The van der Waals surface area contributed by atoms with E-state index >= 15 is 0 Å². The van der Waals surface area contributed by atoms with Crippen LogP contribution in [0.15, 0.2) is 0 Å². The summed E-state index contributed by atoms with van der Waals surface area (Å²) < 4.78 is 14.6. The first-order chi connectivity index (χ1) is 6.60. The third-order valence-electron chi connectivity index (χ3n) is 3.98. The Hall–Kier alpha value is -0.110. The van der Waals surface area contributed by atoms with Crippen LogP contribution in [-0.4, -0.2) is 18.8 Å². The molecule has 0 aromatic heterocycles. The minimum atomic E-state index is -0.918. The summed E-state index contributed by atoms with van der Waals surface area (Å²) in [6, 6.07) is 0. The van der Waals surface area contributed by atoms with Crippen molar-refractivity contribution in [2.45, 2.75) is 52.1 Å². The predicted octanol–water partition coefficient (Wildman–Crippen LogP) is 3.15. The maximum absolute atomic E-state index is 14.6. The van der Waals surface area contributed by atoms with Crippen LogP contribution in [0.4, 0.5) is 4.39 Å². The molecule has 1 fully saturated rings. The Morgan fingerprint density at radius 3 is 2.64 bits per heavy atom. The van der Waals surface area contributed by atoms with Gasteiger partial charge in [0.25, 0.3) is 0 Å². The minimum absolute atomic E-state index is 0.201. The SMILES string of the molecule is CCC(C)C(C)C1(F)CCCNCC1. The minimum Gasteiger partial charge on any atom is -0.317 e. The van der Waals surface area contributed by atoms with Crippen molar-refractivity contribution in [2.75, 3.05) is 13.1 Å². The zero-order valence-corrected chi connectivity index (χ0v) is 9.78. The van der Waals surface area contributed by atoms with Gasteiger partial charge in [-0.1, -0.05) is 27.2 Å². The summed E-state index contributed by atoms with van der Waals surface area (Å²) in [6.45, 7) is 8.24. The number of halogens is 1. The molecule has 0 amide bonds. The van der Waals surface area contributed by atoms with Gasteiger partial charge in [-0.2, -0.15) is 0 Å². The fourth-order valence-electron chi connectivity index (χ4n) is 2.37. The van der Waals surface area contributed by atoms with Crippen molar-refractivity contribution >= 4 is 0 Å². The van der Waals surface area contributed by atoms with Crippen molar-refractivity contribution in [2.24, 2.45) is 11.8 Å². The third kappa shape index (κ3) is 2.69. The maximum Gasteiger partial charge on any atom is 0.115 e. The lowest BCUT2D eigenvalue weighted by molar-refractivity contribution is 0.0443. The molecule has 14 heavy (non-hydrogen) atoms. The van der Waals surface area contributed by atoms with E-state index in [9.17, 15) is 4.39 Å². The van der Waals surface area contributed by atoms with Crippen molar-refractivity contribution in [3.63, 3.8) is 0 Å². The molecule has 1 nitrogen and oxygen atoms in total. The third-order valence-corrected chi connectivity index (χ3v) is 3.98. The maximum atomic E-state index is 14.6. The van der Waals surface area contributed by atoms with Crippen LogP contribution in [0.1, 0.15) is 46.5 Å². The van der Waals surface area contributed by atoms with Crippen LogP contribution in [-0.2, 0) is 0 Å². The van der Waals surface area contributed by atoms with Gasteiger partial charge in [0.1, 0.15) is 5.67 Å². The Kier molecular flexibility index (Phi) is 4.36. The lowest BCUT2D eigenvalue weighted by Gasteiger charge is -2.34. The molecule has 0 spiro atoms. The van der Waals surface area contributed by atoms with Gasteiger partial charge in [0.05, 0.1) is 0 Å². The van der Waals surface area contributed by atoms with Crippen LogP contribution in [0.3, 0.4) is 0 Å². The molecule has 3 atom stereocenters. The smallest absolute Gasteiger partial charge is 0.115 e. The van der Waals surface area contributed by atoms with E-state index in [0.29, 0.717) is 12.3 Å². The molecular weight excluding hydrogens is 177 g/mol. The highest BCUT2D eigenvalue weighted by Crippen LogP contribution is 2.37. The Morgan fingerprint density at radius 1 is 1.29 bits per heavy atom. The first-order valence-corrected chi connectivity index (χ1v) is 6.00. The first-order valence-electron chi connectivity index (χ1n) is 6.00. The highest BCUT2D eigenvalue weighted by molar-refractivity contribution is 4.89. The Labute approximate surface area is 87.5 Å². The topological polar surface area (TPSA) is 12.0 Å². The number of alkyl halides is 1. The van der Waals surface area contributed by atoms with Crippen LogP contribution in [0, 0.1) is 11.8 Å². The average Bonchev–Trinajstić information content (AvgIpc) is 2.41. The van der Waals surface area contributed by atoms with Crippen LogP contribution in [0.25, 0.3) is 0 Å². The fraction of sp³-hybridized carbons (Fsp3) is 1.00. The average molecular weight is 201 g/mol. The predicted molar refractivity (Wildman–Crippen MR) is 59.2 cm³/mol. The van der Waals surface area contributed by atoms with E-state index in [4.69, 9.17) is 0 Å². The summed E-state index contributed by atoms with van der Waals surface area (Å²) in [5, 5.41) is 3.27. The fourth-order valence-corrected chi connectivity index (χ4v) is 2.37. The molecule has 1 saturated heterocycles. The molecule has 0 aliphatic carbocycles. The normalized spacial score (nSPS) is 33.4. The van der Waals surface area contributed by atoms with E-state index in [1.165, 1.54) is 0 Å². The molecule has 1 rings (SSSR count). The largest absolute Gasteiger partial charge is 0.317 e. The van der Waals surface area contributed by atoms with Crippen molar-refractivity contribution in [3.05, 3.63) is 0 Å². The van der Waals surface area contributed by atoms with Gasteiger partial charge in [-0.05, 0) is 44.2 Å². The molecule has 1 N–H and O–H groups in total. The summed E-state index contributed by atoms with van der Waals surface area (Å²) in [7, 11) is 0. The van der Waals surface area contributed by atoms with Gasteiger partial charge in [0, 0.05) is 0 Å². The molecule has 1 aliphatic heterocycles. The Morgan fingerprint density at radius 2 is 2.00 bits per heavy atom. The summed E-state index contributed by atoms with van der Waals surface area (Å²) in [5.74, 6) is 0.700. The van der Waals surface area contributed by atoms with E-state index in [2.05, 4.69) is 26.1 Å². The monoisotopic (exact) mass is 201 g/mol. The number of rotatable bonds is 3. The molecule has 0 aromatic rings. The zero-order chi connectivity index (χ0) is 10.6. The van der Waals surface area contributed by atoms with Crippen LogP contribution >= 0.6 is 0 Å². The van der Waals surface area contributed by atoms with Gasteiger partial charge in [-0.3, -0.25) is 0 Å². The molecule has 84 valence electrons. The molecule has 0 aromatic carbocycles. The number of hydrogen-bond donors (Lipinski definition) is 1. The second-order valence-electron chi connectivity index (χ2n) is 4.81. The first kappa shape index (κ1) is 12.0. The van der Waals surface area contributed by atoms with Crippen molar-refractivity contribution in [3.8, 4) is 0 Å². The highest BCUT2D eigenvalue weighted by atomic mass is 19.1. The Bertz CT molecular complexity index is 162. The summed E-state index contributed by atoms with van der Waals surface area (Å²) in [4.78, 5) is 0. The van der Waals surface area contributed by atoms with Crippen LogP contribution in [0.5, 0.6) is 0 Å². The molecular formula is C12H24FN. The van der Waals surface area contributed by atoms with Crippen LogP contribution in [0.2, 0.25) is 0 Å². The van der Waals surface area contributed by atoms with E-state index in [-0.39, 0.29) is 5.92 Å². The van der Waals surface area contributed by atoms with Gasteiger partial charge in [-0.25, -0.2) is 4.39 Å². The standard InChI is InChI=1S/C12H24FN/c1-4-10(2)11(3)12(13)6-5-8-14-9-7-12/h10-11,14H,4-9H2,1-3H3. The van der Waals surface area contributed by atoms with Gasteiger partial charge < -0.3 is 5.32 Å². The summed E-state index contributed by atoms with van der Waals surface area (Å²) >= 11 is 0. The van der Waals surface area contributed by atoms with E-state index < -0.39 is 5.67 Å². The molecule has 2 heteroatoms. The van der Waals surface area contributed by atoms with E-state index in [1.807, 2.05) is 0 Å². The molecule has 0 saturated carbocycles. The van der Waals surface area contributed by atoms with Crippen molar-refractivity contribution in [1.29, 1.82) is 0 Å². The number of nitrogens with one attached hydrogen (secondary N) is 1. The Balaban J connectivity index is 2.60. The van der Waals surface area contributed by atoms with E-state index in [1.54, 1.807) is 0 Å². The second-order valence-corrected chi connectivity index (χ2v) is 4.81. The lowest BCUT2D eigenvalue weighted by Crippen LogP contribution is -2.36. The molecule has 3 unspecified atom stereocenters. The molecule has 1 heterocycles. The highest BCUT2D eigenvalue weighted by Gasteiger charge is 2.38. The van der Waals surface area contributed by atoms with E-state index in [0.717, 1.165) is 32.4 Å². The summed E-state index contributed by atoms with van der Waals surface area (Å²) in [5.41, 5.74) is -0.918. The number of hydrogen-bond acceptors (Lipinski definition) is 1. The van der Waals surface area contributed by atoms with Gasteiger partial charge in [0.2, 0.25) is 0 Å². The quantitative estimate of drug-likeness (QED) is 0.739. The zero-order valence-electron chi connectivity index (χ0n) is 9.78. The second kappa shape index (κ2) is 5.11.